The second-order valence-electron chi connectivity index (χ2n) is 3.22. The highest BCUT2D eigenvalue weighted by Crippen LogP contribution is 2.06. The number of hydrogen-bond donors (Lipinski definition) is 3. The van der Waals surface area contributed by atoms with E-state index >= 15 is 0 Å². The van der Waals surface area contributed by atoms with E-state index in [1.165, 1.54) is 6.07 Å². The number of nitrogens with zero attached hydrogens (tertiary/aromatic N) is 1. The monoisotopic (exact) mass is 302 g/mol. The van der Waals surface area contributed by atoms with Crippen LogP contribution >= 0.6 is 15.9 Å². The van der Waals surface area contributed by atoms with Crippen LogP contribution in [0.1, 0.15) is 16.9 Å². The van der Waals surface area contributed by atoms with Crippen molar-refractivity contribution in [3.63, 3.8) is 0 Å². The fourth-order valence-corrected chi connectivity index (χ4v) is 1.50. The molecule has 0 fully saturated rings. The fraction of sp³-hybridized carbons (Fsp3) is 0.300. The Labute approximate surface area is 106 Å². The second kappa shape index (κ2) is 6.31. The van der Waals surface area contributed by atoms with Gasteiger partial charge >= 0.3 is 5.97 Å². The predicted octanol–water partition coefficient (Wildman–Crippen LogP) is 0.409. The number of aliphatic carboxylic acids is 1. The first-order valence-electron chi connectivity index (χ1n) is 4.81. The molecule has 17 heavy (non-hydrogen) atoms. The van der Waals surface area contributed by atoms with E-state index in [2.05, 4.69) is 26.2 Å². The van der Waals surface area contributed by atoms with Gasteiger partial charge in [-0.05, 0) is 28.1 Å². The van der Waals surface area contributed by atoms with Crippen LogP contribution < -0.4 is 5.32 Å². The van der Waals surface area contributed by atoms with Gasteiger partial charge < -0.3 is 15.5 Å². The summed E-state index contributed by atoms with van der Waals surface area (Å²) in [5.74, 6) is -1.78. The van der Waals surface area contributed by atoms with Crippen LogP contribution in [-0.2, 0) is 4.79 Å². The van der Waals surface area contributed by atoms with Crippen LogP contribution in [0, 0.1) is 0 Å². The Morgan fingerprint density at radius 2 is 2.18 bits per heavy atom. The number of carbonyl (C=O) groups excluding carboxylic acids is 1. The Hall–Kier alpha value is -1.47. The van der Waals surface area contributed by atoms with Crippen molar-refractivity contribution in [3.8, 4) is 0 Å². The van der Waals surface area contributed by atoms with Gasteiger partial charge in [-0.15, -0.1) is 0 Å². The van der Waals surface area contributed by atoms with Crippen LogP contribution in [0.15, 0.2) is 22.8 Å². The molecule has 0 spiro atoms. The lowest BCUT2D eigenvalue weighted by Crippen LogP contribution is -2.41. The maximum absolute atomic E-state index is 11.6. The number of aromatic nitrogens is 1. The van der Waals surface area contributed by atoms with Crippen molar-refractivity contribution < 1.29 is 19.8 Å². The summed E-state index contributed by atoms with van der Waals surface area (Å²) in [5, 5.41) is 19.8. The minimum Gasteiger partial charge on any atom is -0.480 e. The summed E-state index contributed by atoms with van der Waals surface area (Å²) in [6.07, 6.45) is -0.0466. The van der Waals surface area contributed by atoms with E-state index in [0.29, 0.717) is 4.60 Å². The number of carboxylic acids is 1. The Morgan fingerprint density at radius 1 is 1.47 bits per heavy atom. The molecule has 0 aliphatic rings. The lowest BCUT2D eigenvalue weighted by molar-refractivity contribution is -0.139. The molecule has 92 valence electrons. The maximum Gasteiger partial charge on any atom is 0.326 e. The molecule has 1 rings (SSSR count). The molecule has 0 aliphatic heterocycles. The molecule has 0 aromatic carbocycles. The van der Waals surface area contributed by atoms with Gasteiger partial charge in [-0.2, -0.15) is 0 Å². The van der Waals surface area contributed by atoms with E-state index in [-0.39, 0.29) is 18.7 Å². The Balaban J connectivity index is 2.73. The van der Waals surface area contributed by atoms with E-state index in [1.54, 1.807) is 12.1 Å². The maximum atomic E-state index is 11.6. The van der Waals surface area contributed by atoms with Gasteiger partial charge in [0.1, 0.15) is 16.3 Å². The van der Waals surface area contributed by atoms with Crippen molar-refractivity contribution >= 4 is 27.8 Å². The minimum atomic E-state index is -1.19. The van der Waals surface area contributed by atoms with Gasteiger partial charge in [0.15, 0.2) is 0 Å². The molecule has 1 aromatic rings. The molecule has 1 amide bonds. The first-order chi connectivity index (χ1) is 8.04. The summed E-state index contributed by atoms with van der Waals surface area (Å²) in [6.45, 7) is -0.316. The standard InChI is InChI=1S/C10H11BrN2O4/c11-8-3-1-2-6(12-8)9(15)13-7(4-5-14)10(16)17/h1-3,7,14H,4-5H2,(H,13,15)(H,16,17)/t7-/m1/s1. The Bertz CT molecular complexity index is 425. The Kier molecular flexibility index (Phi) is 5.05. The van der Waals surface area contributed by atoms with E-state index in [9.17, 15) is 9.59 Å². The third-order valence-corrected chi connectivity index (χ3v) is 2.41. The lowest BCUT2D eigenvalue weighted by Gasteiger charge is -2.12. The first kappa shape index (κ1) is 13.6. The van der Waals surface area contributed by atoms with Crippen LogP contribution in [0.3, 0.4) is 0 Å². The molecule has 6 nitrogen and oxygen atoms in total. The van der Waals surface area contributed by atoms with Crippen molar-refractivity contribution in [2.45, 2.75) is 12.5 Å². The molecule has 0 saturated heterocycles. The second-order valence-corrected chi connectivity index (χ2v) is 4.03. The van der Waals surface area contributed by atoms with Crippen molar-refractivity contribution in [2.75, 3.05) is 6.61 Å². The summed E-state index contributed by atoms with van der Waals surface area (Å²) >= 11 is 3.11. The number of carbonyl (C=O) groups is 2. The lowest BCUT2D eigenvalue weighted by atomic mass is 10.2. The van der Waals surface area contributed by atoms with Crippen LogP contribution in [0.25, 0.3) is 0 Å². The highest BCUT2D eigenvalue weighted by molar-refractivity contribution is 9.10. The van der Waals surface area contributed by atoms with Gasteiger partial charge in [0.05, 0.1) is 0 Å². The molecule has 7 heteroatoms. The zero-order chi connectivity index (χ0) is 12.8. The normalized spacial score (nSPS) is 11.9. The topological polar surface area (TPSA) is 99.5 Å². The molecule has 0 radical (unpaired) electrons. The van der Waals surface area contributed by atoms with Gasteiger partial charge in [-0.3, -0.25) is 4.79 Å². The molecule has 0 unspecified atom stereocenters. The number of amides is 1. The summed E-state index contributed by atoms with van der Waals surface area (Å²) in [6, 6.07) is 3.62. The molecule has 3 N–H and O–H groups in total. The molecular formula is C10H11BrN2O4. The summed E-state index contributed by atoms with van der Waals surface area (Å²) in [7, 11) is 0. The average molecular weight is 303 g/mol. The highest BCUT2D eigenvalue weighted by Gasteiger charge is 2.20. The molecule has 1 atom stereocenters. The van der Waals surface area contributed by atoms with Crippen LogP contribution in [0.2, 0.25) is 0 Å². The summed E-state index contributed by atoms with van der Waals surface area (Å²) in [5.41, 5.74) is 0.114. The minimum absolute atomic E-state index is 0.0466. The smallest absolute Gasteiger partial charge is 0.326 e. The van der Waals surface area contributed by atoms with E-state index < -0.39 is 17.9 Å². The van der Waals surface area contributed by atoms with Gasteiger partial charge in [0, 0.05) is 13.0 Å². The number of hydrogen-bond acceptors (Lipinski definition) is 4. The van der Waals surface area contributed by atoms with E-state index in [0.717, 1.165) is 0 Å². The van der Waals surface area contributed by atoms with Crippen LogP contribution in [0.5, 0.6) is 0 Å². The first-order valence-corrected chi connectivity index (χ1v) is 5.61. The van der Waals surface area contributed by atoms with Crippen molar-refractivity contribution in [2.24, 2.45) is 0 Å². The molecule has 0 aliphatic carbocycles. The molecule has 0 bridgehead atoms. The van der Waals surface area contributed by atoms with Crippen molar-refractivity contribution in [1.82, 2.24) is 10.3 Å². The largest absolute Gasteiger partial charge is 0.480 e. The van der Waals surface area contributed by atoms with Crippen molar-refractivity contribution in [1.29, 1.82) is 0 Å². The SMILES string of the molecule is O=C(N[C@H](CCO)C(=O)O)c1cccc(Br)n1. The zero-order valence-corrected chi connectivity index (χ0v) is 10.3. The number of carboxylic acid groups (broad SMARTS) is 1. The number of rotatable bonds is 5. The van der Waals surface area contributed by atoms with Crippen molar-refractivity contribution in [3.05, 3.63) is 28.5 Å². The summed E-state index contributed by atoms with van der Waals surface area (Å²) < 4.78 is 0.485. The number of nitrogens with one attached hydrogen (secondary N) is 1. The fourth-order valence-electron chi connectivity index (χ4n) is 1.15. The van der Waals surface area contributed by atoms with Gasteiger partial charge in [0.2, 0.25) is 0 Å². The third kappa shape index (κ3) is 4.12. The van der Waals surface area contributed by atoms with E-state index in [1.807, 2.05) is 0 Å². The summed E-state index contributed by atoms with van der Waals surface area (Å²) in [4.78, 5) is 26.3. The average Bonchev–Trinajstić information content (AvgIpc) is 2.28. The van der Waals surface area contributed by atoms with Gasteiger partial charge in [0.25, 0.3) is 5.91 Å². The highest BCUT2D eigenvalue weighted by atomic mass is 79.9. The number of aliphatic hydroxyl groups excluding tert-OH is 1. The van der Waals surface area contributed by atoms with Gasteiger partial charge in [-0.1, -0.05) is 6.07 Å². The number of pyridine rings is 1. The van der Waals surface area contributed by atoms with Gasteiger partial charge in [-0.25, -0.2) is 9.78 Å². The molecule has 0 saturated carbocycles. The third-order valence-electron chi connectivity index (χ3n) is 1.97. The molecular weight excluding hydrogens is 292 g/mol. The van der Waals surface area contributed by atoms with Crippen LogP contribution in [0.4, 0.5) is 0 Å². The molecule has 1 aromatic heterocycles. The predicted molar refractivity (Wildman–Crippen MR) is 62.5 cm³/mol. The number of aliphatic hydroxyl groups is 1. The quantitative estimate of drug-likeness (QED) is 0.684. The Morgan fingerprint density at radius 3 is 2.71 bits per heavy atom. The molecule has 1 heterocycles. The van der Waals surface area contributed by atoms with E-state index in [4.69, 9.17) is 10.2 Å². The van der Waals surface area contributed by atoms with Crippen LogP contribution in [-0.4, -0.2) is 39.7 Å². The number of halogens is 1. The zero-order valence-electron chi connectivity index (χ0n) is 8.76.